The molecule has 0 saturated heterocycles. The van der Waals surface area contributed by atoms with E-state index in [0.717, 1.165) is 4.47 Å². The van der Waals surface area contributed by atoms with Gasteiger partial charge in [-0.25, -0.2) is 0 Å². The molecule has 0 heterocycles. The van der Waals surface area contributed by atoms with E-state index in [0.29, 0.717) is 5.92 Å². The van der Waals surface area contributed by atoms with Gasteiger partial charge in [0.2, 0.25) is 0 Å². The quantitative estimate of drug-likeness (QED) is 0.715. The minimum atomic E-state index is -0.268. The van der Waals surface area contributed by atoms with E-state index in [-0.39, 0.29) is 24.0 Å². The first-order chi connectivity index (χ1) is 11.0. The highest BCUT2D eigenvalue weighted by molar-refractivity contribution is 9.10. The Morgan fingerprint density at radius 1 is 1.17 bits per heavy atom. The molecule has 3 nitrogen and oxygen atoms in total. The Labute approximate surface area is 148 Å². The van der Waals surface area contributed by atoms with Crippen LogP contribution >= 0.6 is 15.9 Å². The zero-order valence-corrected chi connectivity index (χ0v) is 15.9. The number of halogens is 1. The molecule has 0 amide bonds. The van der Waals surface area contributed by atoms with E-state index in [2.05, 4.69) is 59.4 Å². The van der Waals surface area contributed by atoms with Crippen molar-refractivity contribution in [3.63, 3.8) is 0 Å². The smallest absolute Gasteiger partial charge is 0.323 e. The fraction of sp³-hybridized carbons (Fsp3) is 0.632. The van der Waals surface area contributed by atoms with Gasteiger partial charge < -0.3 is 4.74 Å². The van der Waals surface area contributed by atoms with Gasteiger partial charge in [-0.3, -0.25) is 10.1 Å². The van der Waals surface area contributed by atoms with E-state index in [1.807, 2.05) is 0 Å². The van der Waals surface area contributed by atoms with E-state index in [9.17, 15) is 4.79 Å². The molecule has 1 saturated carbocycles. The van der Waals surface area contributed by atoms with Gasteiger partial charge in [-0.2, -0.15) is 0 Å². The van der Waals surface area contributed by atoms with Crippen molar-refractivity contribution in [2.45, 2.75) is 58.0 Å². The summed E-state index contributed by atoms with van der Waals surface area (Å²) >= 11 is 3.50. The number of hydrogen-bond donors (Lipinski definition) is 1. The summed E-state index contributed by atoms with van der Waals surface area (Å²) in [6.45, 7) is 4.13. The Hall–Kier alpha value is -0.870. The Morgan fingerprint density at radius 2 is 1.78 bits per heavy atom. The molecule has 0 bridgehead atoms. The summed E-state index contributed by atoms with van der Waals surface area (Å²) < 4.78 is 6.09. The number of nitrogens with one attached hydrogen (secondary N) is 1. The maximum atomic E-state index is 12.2. The van der Waals surface area contributed by atoms with Gasteiger partial charge in [-0.1, -0.05) is 61.2 Å². The van der Waals surface area contributed by atoms with Gasteiger partial charge in [0.1, 0.15) is 6.04 Å². The van der Waals surface area contributed by atoms with Crippen LogP contribution in [0.15, 0.2) is 28.7 Å². The molecule has 1 aromatic rings. The maximum absolute atomic E-state index is 12.2. The summed E-state index contributed by atoms with van der Waals surface area (Å²) in [5, 5.41) is 3.62. The molecule has 4 heteroatoms. The van der Waals surface area contributed by atoms with E-state index in [1.165, 1.54) is 44.8 Å². The maximum Gasteiger partial charge on any atom is 0.323 e. The standard InChI is InChI=1S/C19H28BrNO2/c1-13(2)17(19(22)23-3)21-18(14-7-5-4-6-8-14)15-9-11-16(20)12-10-15/h9-14,17-18,21H,4-8H2,1-3H3/t17-,18-/m0/s1. The van der Waals surface area contributed by atoms with Crippen LogP contribution in [0, 0.1) is 11.8 Å². The van der Waals surface area contributed by atoms with Crippen LogP contribution in [0.3, 0.4) is 0 Å². The summed E-state index contributed by atoms with van der Waals surface area (Å²) in [5.41, 5.74) is 1.26. The van der Waals surface area contributed by atoms with Crippen molar-refractivity contribution in [3.8, 4) is 0 Å². The Bertz CT molecular complexity index is 495. The first kappa shape index (κ1) is 18.5. The highest BCUT2D eigenvalue weighted by atomic mass is 79.9. The number of hydrogen-bond acceptors (Lipinski definition) is 3. The number of benzene rings is 1. The van der Waals surface area contributed by atoms with Gasteiger partial charge in [0.25, 0.3) is 0 Å². The minimum Gasteiger partial charge on any atom is -0.468 e. The number of carbonyl (C=O) groups excluding carboxylic acids is 1. The largest absolute Gasteiger partial charge is 0.468 e. The van der Waals surface area contributed by atoms with Crippen LogP contribution in [0.25, 0.3) is 0 Å². The van der Waals surface area contributed by atoms with Crippen molar-refractivity contribution in [2.24, 2.45) is 11.8 Å². The van der Waals surface area contributed by atoms with E-state index in [4.69, 9.17) is 4.74 Å². The minimum absolute atomic E-state index is 0.169. The van der Waals surface area contributed by atoms with Crippen LogP contribution in [-0.2, 0) is 9.53 Å². The molecule has 1 aromatic carbocycles. The van der Waals surface area contributed by atoms with Crippen molar-refractivity contribution >= 4 is 21.9 Å². The summed E-state index contributed by atoms with van der Waals surface area (Å²) in [5.74, 6) is 0.609. The Kier molecular flexibility index (Phi) is 7.09. The van der Waals surface area contributed by atoms with Gasteiger partial charge >= 0.3 is 5.97 Å². The van der Waals surface area contributed by atoms with Crippen molar-refractivity contribution in [3.05, 3.63) is 34.3 Å². The molecule has 0 radical (unpaired) electrons. The summed E-state index contributed by atoms with van der Waals surface area (Å²) in [6, 6.07) is 8.41. The zero-order chi connectivity index (χ0) is 16.8. The second kappa shape index (κ2) is 8.84. The molecular formula is C19H28BrNO2. The fourth-order valence-electron chi connectivity index (χ4n) is 3.50. The molecule has 1 fully saturated rings. The summed E-state index contributed by atoms with van der Waals surface area (Å²) in [6.07, 6.45) is 6.33. The van der Waals surface area contributed by atoms with Crippen molar-refractivity contribution in [1.82, 2.24) is 5.32 Å². The normalized spacial score (nSPS) is 18.7. The van der Waals surface area contributed by atoms with Crippen LogP contribution in [0.4, 0.5) is 0 Å². The van der Waals surface area contributed by atoms with Gasteiger partial charge in [-0.05, 0) is 42.4 Å². The summed E-state index contributed by atoms with van der Waals surface area (Å²) in [7, 11) is 1.47. The van der Waals surface area contributed by atoms with E-state index in [1.54, 1.807) is 0 Å². The van der Waals surface area contributed by atoms with Crippen molar-refractivity contribution < 1.29 is 9.53 Å². The van der Waals surface area contributed by atoms with Gasteiger partial charge in [0.15, 0.2) is 0 Å². The lowest BCUT2D eigenvalue weighted by Crippen LogP contribution is -2.45. The highest BCUT2D eigenvalue weighted by Gasteiger charge is 2.31. The van der Waals surface area contributed by atoms with Crippen LogP contribution in [0.1, 0.15) is 57.6 Å². The lowest BCUT2D eigenvalue weighted by Gasteiger charge is -2.35. The van der Waals surface area contributed by atoms with Gasteiger partial charge in [0, 0.05) is 10.5 Å². The zero-order valence-electron chi connectivity index (χ0n) is 14.3. The van der Waals surface area contributed by atoms with Crippen molar-refractivity contribution in [1.29, 1.82) is 0 Å². The molecule has 0 spiro atoms. The first-order valence-electron chi connectivity index (χ1n) is 8.62. The first-order valence-corrected chi connectivity index (χ1v) is 9.41. The fourth-order valence-corrected chi connectivity index (χ4v) is 3.76. The molecule has 1 aliphatic carbocycles. The van der Waals surface area contributed by atoms with Crippen LogP contribution in [-0.4, -0.2) is 19.1 Å². The topological polar surface area (TPSA) is 38.3 Å². The monoisotopic (exact) mass is 381 g/mol. The third kappa shape index (κ3) is 5.05. The van der Waals surface area contributed by atoms with Crippen LogP contribution in [0.2, 0.25) is 0 Å². The lowest BCUT2D eigenvalue weighted by molar-refractivity contribution is -0.144. The molecule has 1 aliphatic rings. The highest BCUT2D eigenvalue weighted by Crippen LogP contribution is 2.35. The average Bonchev–Trinajstić information content (AvgIpc) is 2.57. The number of methoxy groups -OCH3 is 1. The molecule has 2 rings (SSSR count). The molecule has 0 aliphatic heterocycles. The molecule has 1 N–H and O–H groups in total. The predicted octanol–water partition coefficient (Wildman–Crippen LogP) is 4.86. The summed E-state index contributed by atoms with van der Waals surface area (Å²) in [4.78, 5) is 12.2. The Balaban J connectivity index is 2.24. The second-order valence-electron chi connectivity index (χ2n) is 6.84. The second-order valence-corrected chi connectivity index (χ2v) is 7.75. The van der Waals surface area contributed by atoms with E-state index >= 15 is 0 Å². The Morgan fingerprint density at radius 3 is 2.30 bits per heavy atom. The third-order valence-electron chi connectivity index (χ3n) is 4.83. The average molecular weight is 382 g/mol. The molecule has 128 valence electrons. The predicted molar refractivity (Wildman–Crippen MR) is 97.2 cm³/mol. The molecular weight excluding hydrogens is 354 g/mol. The molecule has 2 atom stereocenters. The SMILES string of the molecule is COC(=O)[C@@H](N[C@H](c1ccc(Br)cc1)C1CCCCC1)C(C)C. The van der Waals surface area contributed by atoms with Crippen LogP contribution < -0.4 is 5.32 Å². The number of carbonyl (C=O) groups is 1. The third-order valence-corrected chi connectivity index (χ3v) is 5.36. The van der Waals surface area contributed by atoms with Gasteiger partial charge in [0.05, 0.1) is 7.11 Å². The number of rotatable bonds is 6. The lowest BCUT2D eigenvalue weighted by atomic mass is 9.80. The molecule has 23 heavy (non-hydrogen) atoms. The van der Waals surface area contributed by atoms with Gasteiger partial charge in [-0.15, -0.1) is 0 Å². The van der Waals surface area contributed by atoms with Crippen molar-refractivity contribution in [2.75, 3.05) is 7.11 Å². The van der Waals surface area contributed by atoms with Crippen LogP contribution in [0.5, 0.6) is 0 Å². The van der Waals surface area contributed by atoms with E-state index < -0.39 is 0 Å². The number of esters is 1. The molecule has 0 unspecified atom stereocenters. The number of ether oxygens (including phenoxy) is 1. The molecule has 0 aromatic heterocycles.